The Balaban J connectivity index is 2.21. The second-order valence-corrected chi connectivity index (χ2v) is 4.44. The van der Waals surface area contributed by atoms with Gasteiger partial charge in [-0.25, -0.2) is 5.01 Å². The van der Waals surface area contributed by atoms with Crippen molar-refractivity contribution in [3.8, 4) is 17.6 Å². The van der Waals surface area contributed by atoms with Crippen LogP contribution in [0.3, 0.4) is 0 Å². The van der Waals surface area contributed by atoms with E-state index < -0.39 is 0 Å². The first-order valence-corrected chi connectivity index (χ1v) is 6.72. The molecule has 1 aromatic carbocycles. The molecule has 0 aliphatic carbocycles. The zero-order valence-electron chi connectivity index (χ0n) is 11.8. The second-order valence-electron chi connectivity index (χ2n) is 4.44. The van der Waals surface area contributed by atoms with Crippen LogP contribution >= 0.6 is 0 Å². The van der Waals surface area contributed by atoms with Gasteiger partial charge in [0.15, 0.2) is 0 Å². The van der Waals surface area contributed by atoms with Crippen molar-refractivity contribution in [1.82, 2.24) is 5.01 Å². The van der Waals surface area contributed by atoms with Crippen molar-refractivity contribution in [3.05, 3.63) is 29.8 Å². The summed E-state index contributed by atoms with van der Waals surface area (Å²) in [6.07, 6.45) is 1.92. The number of benzene rings is 1. The Labute approximate surface area is 119 Å². The fraction of sp³-hybridized carbons (Fsp3) is 0.375. The van der Waals surface area contributed by atoms with Gasteiger partial charge in [0.25, 0.3) is 0 Å². The maximum Gasteiger partial charge on any atom is 0.243 e. The van der Waals surface area contributed by atoms with Crippen LogP contribution in [0.15, 0.2) is 29.4 Å². The summed E-state index contributed by atoms with van der Waals surface area (Å²) in [6.45, 7) is 2.34. The van der Waals surface area contributed by atoms with Crippen LogP contribution in [0.1, 0.15) is 31.7 Å². The van der Waals surface area contributed by atoms with Gasteiger partial charge in [0, 0.05) is 24.8 Å². The van der Waals surface area contributed by atoms with E-state index in [1.807, 2.05) is 31.2 Å². The quantitative estimate of drug-likeness (QED) is 0.792. The van der Waals surface area contributed by atoms with E-state index in [4.69, 9.17) is 4.74 Å². The third-order valence-corrected chi connectivity index (χ3v) is 3.04. The van der Waals surface area contributed by atoms with Gasteiger partial charge >= 0.3 is 0 Å². The highest BCUT2D eigenvalue weighted by atomic mass is 16.5. The fourth-order valence-corrected chi connectivity index (χ4v) is 1.99. The van der Waals surface area contributed by atoms with E-state index in [9.17, 15) is 4.79 Å². The van der Waals surface area contributed by atoms with E-state index in [0.29, 0.717) is 19.4 Å². The topological polar surface area (TPSA) is 41.9 Å². The van der Waals surface area contributed by atoms with Crippen LogP contribution in [0.25, 0.3) is 0 Å². The molecule has 0 N–H and O–H groups in total. The molecular weight excluding hydrogens is 252 g/mol. The van der Waals surface area contributed by atoms with Crippen LogP contribution in [-0.2, 0) is 4.79 Å². The average Bonchev–Trinajstić information content (AvgIpc) is 2.49. The molecule has 1 amide bonds. The Morgan fingerprint density at radius 3 is 2.95 bits per heavy atom. The molecule has 104 valence electrons. The number of carbonyl (C=O) groups is 1. The first-order chi connectivity index (χ1) is 9.74. The van der Waals surface area contributed by atoms with Crippen molar-refractivity contribution >= 4 is 11.6 Å². The van der Waals surface area contributed by atoms with Crippen LogP contribution in [0.5, 0.6) is 5.75 Å². The summed E-state index contributed by atoms with van der Waals surface area (Å²) in [4.78, 5) is 11.8. The van der Waals surface area contributed by atoms with Crippen LogP contribution < -0.4 is 4.74 Å². The van der Waals surface area contributed by atoms with Crippen LogP contribution in [-0.4, -0.2) is 30.3 Å². The van der Waals surface area contributed by atoms with Gasteiger partial charge in [-0.15, -0.1) is 5.92 Å². The molecule has 1 heterocycles. The predicted octanol–water partition coefficient (Wildman–Crippen LogP) is 2.44. The van der Waals surface area contributed by atoms with E-state index >= 15 is 0 Å². The number of methoxy groups -OCH3 is 1. The molecule has 1 aliphatic rings. The summed E-state index contributed by atoms with van der Waals surface area (Å²) in [6, 6.07) is 7.73. The van der Waals surface area contributed by atoms with Crippen molar-refractivity contribution in [2.75, 3.05) is 13.7 Å². The Hall–Kier alpha value is -2.28. The maximum atomic E-state index is 11.8. The molecule has 0 unspecified atom stereocenters. The molecule has 0 atom stereocenters. The van der Waals surface area contributed by atoms with Crippen LogP contribution in [0.2, 0.25) is 0 Å². The second kappa shape index (κ2) is 6.76. The summed E-state index contributed by atoms with van der Waals surface area (Å²) in [5.41, 5.74) is 1.90. The fourth-order valence-electron chi connectivity index (χ4n) is 1.99. The summed E-state index contributed by atoms with van der Waals surface area (Å²) < 4.78 is 5.22. The standard InChI is InChI=1S/C16H18N2O2/c1-3-4-5-11-18-16(19)10-9-15(17-18)13-7-6-8-14(12-13)20-2/h6-8,12H,3,9-11H2,1-2H3. The van der Waals surface area contributed by atoms with Gasteiger partial charge in [0.1, 0.15) is 12.3 Å². The number of nitrogens with zero attached hydrogens (tertiary/aromatic N) is 2. The van der Waals surface area contributed by atoms with Gasteiger partial charge in [0.2, 0.25) is 5.91 Å². The normalized spacial score (nSPS) is 14.4. The number of hydrogen-bond acceptors (Lipinski definition) is 3. The number of ether oxygens (including phenoxy) is 1. The SMILES string of the molecule is CCC#CCN1N=C(c2cccc(OC)c2)CCC1=O. The lowest BCUT2D eigenvalue weighted by Gasteiger charge is -2.22. The number of hydrogen-bond donors (Lipinski definition) is 0. The van der Waals surface area contributed by atoms with Crippen molar-refractivity contribution in [3.63, 3.8) is 0 Å². The van der Waals surface area contributed by atoms with Gasteiger partial charge in [-0.05, 0) is 12.1 Å². The lowest BCUT2D eigenvalue weighted by atomic mass is 10.0. The van der Waals surface area contributed by atoms with E-state index in [2.05, 4.69) is 16.9 Å². The Kier molecular flexibility index (Phi) is 4.78. The molecule has 0 spiro atoms. The molecule has 0 saturated carbocycles. The molecule has 0 radical (unpaired) electrons. The molecule has 1 aromatic rings. The lowest BCUT2D eigenvalue weighted by molar-refractivity contribution is -0.131. The number of hydrazone groups is 1. The first kappa shape index (κ1) is 14.1. The highest BCUT2D eigenvalue weighted by molar-refractivity contribution is 6.04. The van der Waals surface area contributed by atoms with Crippen molar-refractivity contribution in [2.45, 2.75) is 26.2 Å². The summed E-state index contributed by atoms with van der Waals surface area (Å²) in [5, 5.41) is 5.88. The number of carbonyl (C=O) groups excluding carboxylic acids is 1. The number of amides is 1. The summed E-state index contributed by atoms with van der Waals surface area (Å²) >= 11 is 0. The van der Waals surface area contributed by atoms with Gasteiger partial charge in [-0.2, -0.15) is 5.10 Å². The minimum absolute atomic E-state index is 0.0297. The van der Waals surface area contributed by atoms with E-state index in [0.717, 1.165) is 23.4 Å². The first-order valence-electron chi connectivity index (χ1n) is 6.72. The Bertz CT molecular complexity index is 582. The van der Waals surface area contributed by atoms with Gasteiger partial charge in [-0.3, -0.25) is 4.79 Å². The molecule has 0 saturated heterocycles. The van der Waals surface area contributed by atoms with Gasteiger partial charge in [-0.1, -0.05) is 25.0 Å². The molecular formula is C16H18N2O2. The highest BCUT2D eigenvalue weighted by Crippen LogP contribution is 2.19. The third-order valence-electron chi connectivity index (χ3n) is 3.04. The average molecular weight is 270 g/mol. The van der Waals surface area contributed by atoms with E-state index in [-0.39, 0.29) is 5.91 Å². The molecule has 0 bridgehead atoms. The third kappa shape index (κ3) is 3.39. The largest absolute Gasteiger partial charge is 0.497 e. The number of rotatable bonds is 3. The van der Waals surface area contributed by atoms with Crippen molar-refractivity contribution < 1.29 is 9.53 Å². The molecule has 4 heteroatoms. The minimum atomic E-state index is 0.0297. The highest BCUT2D eigenvalue weighted by Gasteiger charge is 2.20. The lowest BCUT2D eigenvalue weighted by Crippen LogP contribution is -2.32. The predicted molar refractivity (Wildman–Crippen MR) is 78.5 cm³/mol. The zero-order valence-corrected chi connectivity index (χ0v) is 11.8. The summed E-state index contributed by atoms with van der Waals surface area (Å²) in [5.74, 6) is 6.73. The maximum absolute atomic E-state index is 11.8. The smallest absolute Gasteiger partial charge is 0.243 e. The molecule has 1 aliphatic heterocycles. The molecule has 0 fully saturated rings. The summed E-state index contributed by atoms with van der Waals surface area (Å²) in [7, 11) is 1.64. The Morgan fingerprint density at radius 1 is 1.35 bits per heavy atom. The molecule has 2 rings (SSSR count). The van der Waals surface area contributed by atoms with E-state index in [1.54, 1.807) is 7.11 Å². The molecule has 0 aromatic heterocycles. The van der Waals surface area contributed by atoms with Crippen LogP contribution in [0, 0.1) is 11.8 Å². The van der Waals surface area contributed by atoms with Crippen molar-refractivity contribution in [2.24, 2.45) is 5.10 Å². The Morgan fingerprint density at radius 2 is 2.20 bits per heavy atom. The zero-order chi connectivity index (χ0) is 14.4. The van der Waals surface area contributed by atoms with Gasteiger partial charge in [0.05, 0.1) is 12.8 Å². The minimum Gasteiger partial charge on any atom is -0.497 e. The molecule has 4 nitrogen and oxygen atoms in total. The van der Waals surface area contributed by atoms with E-state index in [1.165, 1.54) is 5.01 Å². The molecule has 20 heavy (non-hydrogen) atoms. The van der Waals surface area contributed by atoms with Crippen molar-refractivity contribution in [1.29, 1.82) is 0 Å². The van der Waals surface area contributed by atoms with Crippen LogP contribution in [0.4, 0.5) is 0 Å². The van der Waals surface area contributed by atoms with Gasteiger partial charge < -0.3 is 4.74 Å². The monoisotopic (exact) mass is 270 g/mol.